The highest BCUT2D eigenvalue weighted by Gasteiger charge is 2.22. The standard InChI is InChI=1S/C15H21F2N/c1-10(11(2)9-18-14-4-5-14)7-12-8-13(16)3-6-15(12)17/h3,6,8,10-11,14,18H,4-5,7,9H2,1-2H3. The summed E-state index contributed by atoms with van der Waals surface area (Å²) in [6, 6.07) is 4.39. The second-order valence-corrected chi connectivity index (χ2v) is 5.58. The van der Waals surface area contributed by atoms with Crippen molar-refractivity contribution in [2.45, 2.75) is 39.2 Å². The summed E-state index contributed by atoms with van der Waals surface area (Å²) in [4.78, 5) is 0. The number of hydrogen-bond donors (Lipinski definition) is 1. The molecule has 0 aliphatic heterocycles. The van der Waals surface area contributed by atoms with Crippen LogP contribution < -0.4 is 5.32 Å². The highest BCUT2D eigenvalue weighted by molar-refractivity contribution is 5.19. The van der Waals surface area contributed by atoms with Crippen LogP contribution >= 0.6 is 0 Å². The Bertz CT molecular complexity index is 401. The first-order valence-electron chi connectivity index (χ1n) is 6.73. The van der Waals surface area contributed by atoms with Gasteiger partial charge in [-0.1, -0.05) is 13.8 Å². The van der Waals surface area contributed by atoms with E-state index in [-0.39, 0.29) is 11.6 Å². The minimum atomic E-state index is -0.359. The van der Waals surface area contributed by atoms with Crippen LogP contribution in [0.3, 0.4) is 0 Å². The lowest BCUT2D eigenvalue weighted by Gasteiger charge is -2.20. The van der Waals surface area contributed by atoms with E-state index in [1.165, 1.54) is 31.0 Å². The molecular formula is C15H21F2N. The van der Waals surface area contributed by atoms with E-state index in [9.17, 15) is 8.78 Å². The summed E-state index contributed by atoms with van der Waals surface area (Å²) in [5.41, 5.74) is 0.487. The molecule has 100 valence electrons. The third-order valence-corrected chi connectivity index (χ3v) is 3.83. The van der Waals surface area contributed by atoms with Gasteiger partial charge in [-0.15, -0.1) is 0 Å². The van der Waals surface area contributed by atoms with E-state index in [1.807, 2.05) is 0 Å². The molecule has 1 aliphatic rings. The lowest BCUT2D eigenvalue weighted by Crippen LogP contribution is -2.27. The molecule has 2 rings (SSSR count). The van der Waals surface area contributed by atoms with Gasteiger partial charge in [-0.05, 0) is 61.4 Å². The van der Waals surface area contributed by atoms with Crippen LogP contribution in [0.5, 0.6) is 0 Å². The summed E-state index contributed by atoms with van der Waals surface area (Å²) in [5.74, 6) is 0.147. The molecule has 2 unspecified atom stereocenters. The van der Waals surface area contributed by atoms with Gasteiger partial charge in [0.05, 0.1) is 0 Å². The van der Waals surface area contributed by atoms with Gasteiger partial charge >= 0.3 is 0 Å². The van der Waals surface area contributed by atoms with E-state index in [1.54, 1.807) is 0 Å². The third kappa shape index (κ3) is 3.77. The summed E-state index contributed by atoms with van der Waals surface area (Å²) in [5, 5.41) is 3.48. The van der Waals surface area contributed by atoms with Crippen LogP contribution in [-0.4, -0.2) is 12.6 Å². The average Bonchev–Trinajstić information content (AvgIpc) is 3.14. The quantitative estimate of drug-likeness (QED) is 0.817. The summed E-state index contributed by atoms with van der Waals surface area (Å²) >= 11 is 0. The molecule has 0 heterocycles. The molecule has 1 aromatic rings. The van der Waals surface area contributed by atoms with Crippen molar-refractivity contribution in [3.8, 4) is 0 Å². The molecule has 0 bridgehead atoms. The van der Waals surface area contributed by atoms with Gasteiger partial charge in [0.2, 0.25) is 0 Å². The van der Waals surface area contributed by atoms with Crippen molar-refractivity contribution in [2.75, 3.05) is 6.54 Å². The summed E-state index contributed by atoms with van der Waals surface area (Å²) < 4.78 is 26.6. The van der Waals surface area contributed by atoms with Crippen molar-refractivity contribution in [3.05, 3.63) is 35.4 Å². The highest BCUT2D eigenvalue weighted by Crippen LogP contribution is 2.22. The number of rotatable bonds is 6. The highest BCUT2D eigenvalue weighted by atomic mass is 19.1. The van der Waals surface area contributed by atoms with E-state index in [2.05, 4.69) is 19.2 Å². The van der Waals surface area contributed by atoms with Crippen LogP contribution in [0.4, 0.5) is 8.78 Å². The minimum absolute atomic E-state index is 0.300. The normalized spacial score (nSPS) is 18.7. The molecule has 0 spiro atoms. The summed E-state index contributed by atoms with van der Waals surface area (Å²) in [6.07, 6.45) is 3.15. The van der Waals surface area contributed by atoms with Crippen LogP contribution in [0, 0.1) is 23.5 Å². The first-order chi connectivity index (χ1) is 8.56. The predicted molar refractivity (Wildman–Crippen MR) is 69.4 cm³/mol. The fraction of sp³-hybridized carbons (Fsp3) is 0.600. The van der Waals surface area contributed by atoms with E-state index in [4.69, 9.17) is 0 Å². The molecule has 1 saturated carbocycles. The molecule has 1 nitrogen and oxygen atoms in total. The smallest absolute Gasteiger partial charge is 0.126 e. The van der Waals surface area contributed by atoms with Gasteiger partial charge in [-0.25, -0.2) is 8.78 Å². The fourth-order valence-corrected chi connectivity index (χ4v) is 2.09. The van der Waals surface area contributed by atoms with Crippen molar-refractivity contribution in [3.63, 3.8) is 0 Å². The maximum atomic E-state index is 13.5. The van der Waals surface area contributed by atoms with Gasteiger partial charge in [0.1, 0.15) is 11.6 Å². The van der Waals surface area contributed by atoms with Crippen LogP contribution in [0.25, 0.3) is 0 Å². The molecule has 1 aliphatic carbocycles. The Hall–Kier alpha value is -0.960. The molecule has 0 radical (unpaired) electrons. The van der Waals surface area contributed by atoms with E-state index >= 15 is 0 Å². The Labute approximate surface area is 108 Å². The van der Waals surface area contributed by atoms with Crippen molar-refractivity contribution in [1.29, 1.82) is 0 Å². The lowest BCUT2D eigenvalue weighted by molar-refractivity contribution is 0.360. The Kier molecular flexibility index (Phi) is 4.33. The van der Waals surface area contributed by atoms with Gasteiger partial charge in [-0.2, -0.15) is 0 Å². The average molecular weight is 253 g/mol. The monoisotopic (exact) mass is 253 g/mol. The Morgan fingerprint density at radius 1 is 1.22 bits per heavy atom. The maximum absolute atomic E-state index is 13.5. The second kappa shape index (κ2) is 5.79. The number of nitrogens with one attached hydrogen (secondary N) is 1. The molecule has 1 fully saturated rings. The molecule has 18 heavy (non-hydrogen) atoms. The van der Waals surface area contributed by atoms with Gasteiger partial charge in [0.25, 0.3) is 0 Å². The topological polar surface area (TPSA) is 12.0 Å². The molecule has 0 aromatic heterocycles. The molecule has 1 aromatic carbocycles. The van der Waals surface area contributed by atoms with Crippen molar-refractivity contribution < 1.29 is 8.78 Å². The van der Waals surface area contributed by atoms with Crippen LogP contribution in [0.1, 0.15) is 32.3 Å². The van der Waals surface area contributed by atoms with Crippen molar-refractivity contribution in [1.82, 2.24) is 5.32 Å². The third-order valence-electron chi connectivity index (χ3n) is 3.83. The Morgan fingerprint density at radius 3 is 2.61 bits per heavy atom. The van der Waals surface area contributed by atoms with Gasteiger partial charge in [-0.3, -0.25) is 0 Å². The zero-order chi connectivity index (χ0) is 13.1. The first kappa shape index (κ1) is 13.5. The number of benzene rings is 1. The van der Waals surface area contributed by atoms with E-state index < -0.39 is 0 Å². The molecule has 0 amide bonds. The van der Waals surface area contributed by atoms with Gasteiger partial charge < -0.3 is 5.32 Å². The van der Waals surface area contributed by atoms with Crippen molar-refractivity contribution in [2.24, 2.45) is 11.8 Å². The number of hydrogen-bond acceptors (Lipinski definition) is 1. The SMILES string of the molecule is CC(CNC1CC1)C(C)Cc1cc(F)ccc1F. The largest absolute Gasteiger partial charge is 0.314 e. The molecule has 0 saturated heterocycles. The fourth-order valence-electron chi connectivity index (χ4n) is 2.09. The summed E-state index contributed by atoms with van der Waals surface area (Å²) in [7, 11) is 0. The van der Waals surface area contributed by atoms with Gasteiger partial charge in [0.15, 0.2) is 0 Å². The zero-order valence-electron chi connectivity index (χ0n) is 11.0. The Morgan fingerprint density at radius 2 is 1.94 bits per heavy atom. The molecular weight excluding hydrogens is 232 g/mol. The minimum Gasteiger partial charge on any atom is -0.314 e. The van der Waals surface area contributed by atoms with Crippen LogP contribution in [0.15, 0.2) is 18.2 Å². The molecule has 3 heteroatoms. The van der Waals surface area contributed by atoms with Crippen LogP contribution in [0.2, 0.25) is 0 Å². The maximum Gasteiger partial charge on any atom is 0.126 e. The van der Waals surface area contributed by atoms with Crippen molar-refractivity contribution >= 4 is 0 Å². The predicted octanol–water partition coefficient (Wildman–Crippen LogP) is 3.53. The molecule has 1 N–H and O–H groups in total. The first-order valence-corrected chi connectivity index (χ1v) is 6.73. The van der Waals surface area contributed by atoms with Crippen LogP contribution in [-0.2, 0) is 6.42 Å². The number of halogens is 2. The van der Waals surface area contributed by atoms with E-state index in [0.29, 0.717) is 29.9 Å². The second-order valence-electron chi connectivity index (χ2n) is 5.58. The van der Waals surface area contributed by atoms with Gasteiger partial charge in [0, 0.05) is 6.04 Å². The molecule has 2 atom stereocenters. The zero-order valence-corrected chi connectivity index (χ0v) is 11.0. The lowest BCUT2D eigenvalue weighted by atomic mass is 9.89. The Balaban J connectivity index is 1.88. The van der Waals surface area contributed by atoms with E-state index in [0.717, 1.165) is 6.54 Å². The summed E-state index contributed by atoms with van der Waals surface area (Å²) in [6.45, 7) is 5.23.